The summed E-state index contributed by atoms with van der Waals surface area (Å²) in [5.74, 6) is 1.76. The number of aryl methyl sites for hydroxylation is 1. The Morgan fingerprint density at radius 1 is 1.06 bits per heavy atom. The van der Waals surface area contributed by atoms with E-state index in [0.29, 0.717) is 0 Å². The van der Waals surface area contributed by atoms with Gasteiger partial charge in [0.1, 0.15) is 0 Å². The van der Waals surface area contributed by atoms with Gasteiger partial charge in [0.2, 0.25) is 0 Å². The predicted molar refractivity (Wildman–Crippen MR) is 79.9 cm³/mol. The van der Waals surface area contributed by atoms with E-state index in [1.807, 2.05) is 27.7 Å². The van der Waals surface area contributed by atoms with E-state index in [-0.39, 0.29) is 0 Å². The Bertz CT molecular complexity index is 272. The third kappa shape index (κ3) is 5.20. The van der Waals surface area contributed by atoms with E-state index in [1.165, 1.54) is 36.1 Å². The van der Waals surface area contributed by atoms with Gasteiger partial charge in [0.15, 0.2) is 0 Å². The van der Waals surface area contributed by atoms with Crippen LogP contribution in [-0.4, -0.2) is 4.37 Å². The standard InChI is InChI=1S/C11H17NS.2C2H6/c1-8-3-5-10(6-4-8)11-7-12-13-9(11)2;2*1-2/h7-8,10H,3-6H2,1-2H3;2*1-2H3. The van der Waals surface area contributed by atoms with Crippen molar-refractivity contribution in [2.24, 2.45) is 5.92 Å². The summed E-state index contributed by atoms with van der Waals surface area (Å²) in [5.41, 5.74) is 1.52. The zero-order valence-electron chi connectivity index (χ0n) is 12.4. The Hall–Kier alpha value is -0.370. The van der Waals surface area contributed by atoms with Crippen LogP contribution in [0.1, 0.15) is 76.7 Å². The van der Waals surface area contributed by atoms with Crippen LogP contribution in [0.25, 0.3) is 0 Å². The van der Waals surface area contributed by atoms with Crippen molar-refractivity contribution in [1.29, 1.82) is 0 Å². The van der Waals surface area contributed by atoms with E-state index in [2.05, 4.69) is 24.4 Å². The molecule has 0 spiro atoms. The van der Waals surface area contributed by atoms with Gasteiger partial charge >= 0.3 is 0 Å². The zero-order valence-corrected chi connectivity index (χ0v) is 13.2. The van der Waals surface area contributed by atoms with Crippen molar-refractivity contribution in [3.63, 3.8) is 0 Å². The number of rotatable bonds is 1. The van der Waals surface area contributed by atoms with Crippen LogP contribution >= 0.6 is 11.5 Å². The van der Waals surface area contributed by atoms with Crippen LogP contribution in [-0.2, 0) is 0 Å². The molecule has 0 aliphatic heterocycles. The summed E-state index contributed by atoms with van der Waals surface area (Å²) < 4.78 is 4.26. The van der Waals surface area contributed by atoms with Crippen LogP contribution in [0.2, 0.25) is 0 Å². The van der Waals surface area contributed by atoms with Gasteiger partial charge in [-0.3, -0.25) is 0 Å². The van der Waals surface area contributed by atoms with Crippen LogP contribution < -0.4 is 0 Å². The number of hydrogen-bond donors (Lipinski definition) is 0. The molecular formula is C15H29NS. The summed E-state index contributed by atoms with van der Waals surface area (Å²) in [6.45, 7) is 12.6. The van der Waals surface area contributed by atoms with Gasteiger partial charge in [-0.1, -0.05) is 47.5 Å². The largest absolute Gasteiger partial charge is 0.201 e. The summed E-state index contributed by atoms with van der Waals surface area (Å²) in [6, 6.07) is 0. The minimum absolute atomic E-state index is 0.815. The molecule has 0 amide bonds. The molecule has 100 valence electrons. The third-order valence-corrected chi connectivity index (χ3v) is 3.96. The second-order valence-corrected chi connectivity index (χ2v) is 5.30. The van der Waals surface area contributed by atoms with E-state index < -0.39 is 0 Å². The Labute approximate surface area is 112 Å². The van der Waals surface area contributed by atoms with Gasteiger partial charge in [-0.2, -0.15) is 0 Å². The van der Waals surface area contributed by atoms with Crippen molar-refractivity contribution in [1.82, 2.24) is 4.37 Å². The van der Waals surface area contributed by atoms with Crippen LogP contribution in [0, 0.1) is 12.8 Å². The highest BCUT2D eigenvalue weighted by atomic mass is 32.1. The van der Waals surface area contributed by atoms with Crippen molar-refractivity contribution in [3.8, 4) is 0 Å². The van der Waals surface area contributed by atoms with Gasteiger partial charge in [-0.15, -0.1) is 0 Å². The maximum atomic E-state index is 4.26. The van der Waals surface area contributed by atoms with Crippen molar-refractivity contribution in [2.75, 3.05) is 0 Å². The fraction of sp³-hybridized carbons (Fsp3) is 0.800. The van der Waals surface area contributed by atoms with Crippen LogP contribution in [0.15, 0.2) is 6.20 Å². The molecule has 0 unspecified atom stereocenters. The molecule has 1 heterocycles. The molecule has 1 aromatic rings. The number of aromatic nitrogens is 1. The molecule has 1 aliphatic carbocycles. The number of hydrogen-bond acceptors (Lipinski definition) is 2. The summed E-state index contributed by atoms with van der Waals surface area (Å²) >= 11 is 1.65. The van der Waals surface area contributed by atoms with E-state index in [1.54, 1.807) is 11.5 Å². The van der Waals surface area contributed by atoms with Gasteiger partial charge < -0.3 is 0 Å². The Balaban J connectivity index is 0.000000581. The fourth-order valence-electron chi connectivity index (χ4n) is 2.27. The molecule has 17 heavy (non-hydrogen) atoms. The highest BCUT2D eigenvalue weighted by Crippen LogP contribution is 2.37. The highest BCUT2D eigenvalue weighted by Gasteiger charge is 2.21. The monoisotopic (exact) mass is 255 g/mol. The molecule has 1 aromatic heterocycles. The first-order valence-electron chi connectivity index (χ1n) is 7.18. The lowest BCUT2D eigenvalue weighted by atomic mass is 9.80. The van der Waals surface area contributed by atoms with Gasteiger partial charge in [-0.25, -0.2) is 4.37 Å². The van der Waals surface area contributed by atoms with Crippen molar-refractivity contribution in [2.45, 2.75) is 73.1 Å². The SMILES string of the molecule is CC.CC.Cc1sncc1C1CCC(C)CC1. The minimum atomic E-state index is 0.815. The molecule has 0 aromatic carbocycles. The van der Waals surface area contributed by atoms with Crippen LogP contribution in [0.5, 0.6) is 0 Å². The second-order valence-electron chi connectivity index (χ2n) is 4.29. The molecule has 1 fully saturated rings. The predicted octanol–water partition coefficient (Wildman–Crippen LogP) is 5.80. The molecule has 0 saturated heterocycles. The van der Waals surface area contributed by atoms with Gasteiger partial charge in [0.25, 0.3) is 0 Å². The molecule has 1 aliphatic rings. The molecule has 0 radical (unpaired) electrons. The average Bonchev–Trinajstić information content (AvgIpc) is 2.82. The Morgan fingerprint density at radius 2 is 1.59 bits per heavy atom. The number of nitrogens with zero attached hydrogens (tertiary/aromatic N) is 1. The molecule has 2 heteroatoms. The quantitative estimate of drug-likeness (QED) is 0.618. The molecule has 0 atom stereocenters. The molecular weight excluding hydrogens is 226 g/mol. The molecule has 0 N–H and O–H groups in total. The summed E-state index contributed by atoms with van der Waals surface area (Å²) in [5, 5.41) is 0. The van der Waals surface area contributed by atoms with Crippen LogP contribution in [0.3, 0.4) is 0 Å². The lowest BCUT2D eigenvalue weighted by Gasteiger charge is -2.25. The normalized spacial score (nSPS) is 22.9. The molecule has 1 saturated carbocycles. The maximum Gasteiger partial charge on any atom is 0.0444 e. The van der Waals surface area contributed by atoms with Crippen molar-refractivity contribution < 1.29 is 0 Å². The lowest BCUT2D eigenvalue weighted by molar-refractivity contribution is 0.347. The highest BCUT2D eigenvalue weighted by molar-refractivity contribution is 7.05. The van der Waals surface area contributed by atoms with E-state index in [9.17, 15) is 0 Å². The van der Waals surface area contributed by atoms with E-state index in [0.717, 1.165) is 11.8 Å². The zero-order chi connectivity index (χ0) is 13.3. The maximum absolute atomic E-state index is 4.26. The Kier molecular flexibility index (Phi) is 9.43. The molecule has 2 rings (SSSR count). The Morgan fingerprint density at radius 3 is 2.00 bits per heavy atom. The molecule has 0 bridgehead atoms. The molecule has 1 nitrogen and oxygen atoms in total. The first-order chi connectivity index (χ1) is 8.27. The van der Waals surface area contributed by atoms with E-state index in [4.69, 9.17) is 0 Å². The average molecular weight is 255 g/mol. The minimum Gasteiger partial charge on any atom is -0.201 e. The van der Waals surface area contributed by atoms with Gasteiger partial charge in [0, 0.05) is 11.1 Å². The first-order valence-corrected chi connectivity index (χ1v) is 7.96. The van der Waals surface area contributed by atoms with Crippen LogP contribution in [0.4, 0.5) is 0 Å². The van der Waals surface area contributed by atoms with Gasteiger partial charge in [0.05, 0.1) is 0 Å². The fourth-order valence-corrected chi connectivity index (χ4v) is 2.92. The summed E-state index contributed by atoms with van der Waals surface area (Å²) in [7, 11) is 0. The smallest absolute Gasteiger partial charge is 0.0444 e. The van der Waals surface area contributed by atoms with Gasteiger partial charge in [-0.05, 0) is 48.7 Å². The lowest BCUT2D eigenvalue weighted by Crippen LogP contribution is -2.10. The van der Waals surface area contributed by atoms with E-state index >= 15 is 0 Å². The van der Waals surface area contributed by atoms with Crippen molar-refractivity contribution >= 4 is 11.5 Å². The third-order valence-electron chi connectivity index (χ3n) is 3.24. The summed E-state index contributed by atoms with van der Waals surface area (Å²) in [6.07, 6.45) is 7.64. The van der Waals surface area contributed by atoms with Crippen molar-refractivity contribution in [3.05, 3.63) is 16.6 Å². The first kappa shape index (κ1) is 16.6. The summed E-state index contributed by atoms with van der Waals surface area (Å²) in [4.78, 5) is 1.43. The second kappa shape index (κ2) is 9.64. The topological polar surface area (TPSA) is 12.9 Å².